The molecule has 1 aliphatic carbocycles. The summed E-state index contributed by atoms with van der Waals surface area (Å²) in [6.45, 7) is 4.33. The van der Waals surface area contributed by atoms with E-state index in [1.807, 2.05) is 24.5 Å². The molecule has 0 saturated heterocycles. The fourth-order valence-corrected chi connectivity index (χ4v) is 5.87. The van der Waals surface area contributed by atoms with Crippen LogP contribution in [0, 0.1) is 11.7 Å². The molecule has 1 aliphatic rings. The molecule has 6 nitrogen and oxygen atoms in total. The van der Waals surface area contributed by atoms with Crippen LogP contribution < -0.4 is 5.32 Å². The van der Waals surface area contributed by atoms with E-state index in [9.17, 15) is 4.39 Å². The number of hydrogen-bond donors (Lipinski definition) is 3. The van der Waals surface area contributed by atoms with E-state index in [0.29, 0.717) is 5.92 Å². The number of nitrogens with zero attached hydrogens (tertiary/aromatic N) is 3. The Morgan fingerprint density at radius 2 is 1.70 bits per heavy atom. The summed E-state index contributed by atoms with van der Waals surface area (Å²) in [5.41, 5.74) is 9.23. The largest absolute Gasteiger partial charge is 0.358 e. The quantitative estimate of drug-likeness (QED) is 0.202. The lowest BCUT2D eigenvalue weighted by Crippen LogP contribution is -2.14. The van der Waals surface area contributed by atoms with Gasteiger partial charge in [0.2, 0.25) is 0 Å². The summed E-state index contributed by atoms with van der Waals surface area (Å²) in [7, 11) is 0. The zero-order chi connectivity index (χ0) is 27.1. The molecule has 0 bridgehead atoms. The molecule has 0 spiro atoms. The van der Waals surface area contributed by atoms with Gasteiger partial charge >= 0.3 is 0 Å². The molecule has 40 heavy (non-hydrogen) atoms. The van der Waals surface area contributed by atoms with Crippen LogP contribution in [0.3, 0.4) is 0 Å². The second kappa shape index (κ2) is 10.1. The lowest BCUT2D eigenvalue weighted by atomic mass is 9.87. The number of pyridine rings is 2. The third-order valence-corrected chi connectivity index (χ3v) is 7.97. The molecular weight excluding hydrogens is 499 g/mol. The van der Waals surface area contributed by atoms with E-state index in [2.05, 4.69) is 61.3 Å². The van der Waals surface area contributed by atoms with Gasteiger partial charge in [0.1, 0.15) is 11.5 Å². The number of rotatable bonds is 6. The molecule has 7 rings (SSSR count). The number of aromatic amines is 2. The van der Waals surface area contributed by atoms with Gasteiger partial charge in [-0.15, -0.1) is 0 Å². The van der Waals surface area contributed by atoms with Crippen molar-refractivity contribution >= 4 is 27.5 Å². The Morgan fingerprint density at radius 1 is 0.825 bits per heavy atom. The number of allylic oxidation sites excluding steroid dienone is 1. The fraction of sp³-hybridized carbons (Fsp3) is 0.182. The molecule has 198 valence electrons. The van der Waals surface area contributed by atoms with Gasteiger partial charge in [0.05, 0.1) is 34.8 Å². The van der Waals surface area contributed by atoms with Gasteiger partial charge in [0, 0.05) is 40.0 Å². The summed E-state index contributed by atoms with van der Waals surface area (Å²) < 4.78 is 14.0. The van der Waals surface area contributed by atoms with Gasteiger partial charge in [-0.05, 0) is 66.3 Å². The van der Waals surface area contributed by atoms with Crippen molar-refractivity contribution in [1.29, 1.82) is 0 Å². The maximum absolute atomic E-state index is 14.0. The van der Waals surface area contributed by atoms with Crippen molar-refractivity contribution in [3.05, 3.63) is 97.5 Å². The molecule has 2 aromatic carbocycles. The van der Waals surface area contributed by atoms with Crippen LogP contribution in [-0.2, 0) is 0 Å². The number of nitrogens with one attached hydrogen (secondary N) is 3. The van der Waals surface area contributed by atoms with E-state index in [1.54, 1.807) is 18.5 Å². The van der Waals surface area contributed by atoms with Crippen molar-refractivity contribution in [2.45, 2.75) is 32.1 Å². The zero-order valence-corrected chi connectivity index (χ0v) is 22.0. The number of anilines is 1. The number of aromatic nitrogens is 5. The maximum Gasteiger partial charge on any atom is 0.123 e. The van der Waals surface area contributed by atoms with Crippen LogP contribution in [0.2, 0.25) is 0 Å². The molecule has 7 heteroatoms. The van der Waals surface area contributed by atoms with Crippen molar-refractivity contribution in [2.24, 2.45) is 5.92 Å². The molecule has 0 atom stereocenters. The average molecular weight is 529 g/mol. The highest BCUT2D eigenvalue weighted by Gasteiger charge is 2.18. The second-order valence-electron chi connectivity index (χ2n) is 10.6. The predicted octanol–water partition coefficient (Wildman–Crippen LogP) is 8.48. The molecule has 4 heterocycles. The number of H-pyrrole nitrogens is 2. The molecule has 6 aromatic rings. The summed E-state index contributed by atoms with van der Waals surface area (Å²) in [5.74, 6) is 0.248. The number of benzene rings is 2. The first kappa shape index (κ1) is 24.3. The Bertz CT molecular complexity index is 1860. The van der Waals surface area contributed by atoms with E-state index in [-0.39, 0.29) is 5.82 Å². The van der Waals surface area contributed by atoms with Crippen LogP contribution in [0.15, 0.2) is 91.7 Å². The first-order valence-electron chi connectivity index (χ1n) is 13.7. The monoisotopic (exact) mass is 528 g/mol. The Balaban J connectivity index is 1.23. The third-order valence-electron chi connectivity index (χ3n) is 7.97. The SMILES string of the molecule is C=C(Nc1cncc(-c2ccc3[nH]nc(-c4cc5c(-c6cccc(F)c6)cncc5[nH]4)c3c2)c1)C1CCCCC1. The maximum atomic E-state index is 14.0. The fourth-order valence-electron chi connectivity index (χ4n) is 5.87. The molecule has 0 unspecified atom stereocenters. The highest BCUT2D eigenvalue weighted by Crippen LogP contribution is 2.36. The lowest BCUT2D eigenvalue weighted by Gasteiger charge is -2.24. The van der Waals surface area contributed by atoms with Gasteiger partial charge in [0.25, 0.3) is 0 Å². The van der Waals surface area contributed by atoms with Crippen LogP contribution in [0.4, 0.5) is 10.1 Å². The predicted molar refractivity (Wildman–Crippen MR) is 159 cm³/mol. The molecule has 3 N–H and O–H groups in total. The molecule has 1 fully saturated rings. The summed E-state index contributed by atoms with van der Waals surface area (Å²) in [6.07, 6.45) is 13.6. The molecule has 0 radical (unpaired) electrons. The van der Waals surface area contributed by atoms with Gasteiger partial charge in [-0.1, -0.05) is 44.0 Å². The molecule has 0 aliphatic heterocycles. The van der Waals surface area contributed by atoms with Gasteiger partial charge in [-0.25, -0.2) is 4.39 Å². The summed E-state index contributed by atoms with van der Waals surface area (Å²) in [4.78, 5) is 12.4. The van der Waals surface area contributed by atoms with E-state index < -0.39 is 0 Å². The van der Waals surface area contributed by atoms with E-state index in [4.69, 9.17) is 0 Å². The third kappa shape index (κ3) is 4.53. The topological polar surface area (TPSA) is 82.3 Å². The highest BCUT2D eigenvalue weighted by atomic mass is 19.1. The molecule has 0 amide bonds. The van der Waals surface area contributed by atoms with Gasteiger partial charge in [-0.3, -0.25) is 15.1 Å². The van der Waals surface area contributed by atoms with Crippen molar-refractivity contribution < 1.29 is 4.39 Å². The molecule has 4 aromatic heterocycles. The first-order chi connectivity index (χ1) is 19.6. The van der Waals surface area contributed by atoms with Crippen LogP contribution in [0.1, 0.15) is 32.1 Å². The van der Waals surface area contributed by atoms with Gasteiger partial charge < -0.3 is 10.3 Å². The number of fused-ring (bicyclic) bond motifs is 2. The van der Waals surface area contributed by atoms with E-state index >= 15 is 0 Å². The summed E-state index contributed by atoms with van der Waals surface area (Å²) in [5, 5.41) is 13.3. The Kier molecular flexibility index (Phi) is 6.11. The minimum atomic E-state index is -0.275. The smallest absolute Gasteiger partial charge is 0.123 e. The van der Waals surface area contributed by atoms with Crippen LogP contribution in [0.25, 0.3) is 55.4 Å². The average Bonchev–Trinajstić information content (AvgIpc) is 3.61. The van der Waals surface area contributed by atoms with E-state index in [0.717, 1.165) is 66.8 Å². The van der Waals surface area contributed by atoms with Crippen LogP contribution >= 0.6 is 0 Å². The number of halogens is 1. The van der Waals surface area contributed by atoms with Crippen LogP contribution in [0.5, 0.6) is 0 Å². The minimum Gasteiger partial charge on any atom is -0.358 e. The normalized spacial score (nSPS) is 14.1. The minimum absolute atomic E-state index is 0.275. The Hall–Kier alpha value is -4.78. The first-order valence-corrected chi connectivity index (χ1v) is 13.7. The number of hydrogen-bond acceptors (Lipinski definition) is 4. The highest BCUT2D eigenvalue weighted by molar-refractivity contribution is 6.01. The summed E-state index contributed by atoms with van der Waals surface area (Å²) in [6, 6.07) is 17.0. The van der Waals surface area contributed by atoms with Crippen LogP contribution in [-0.4, -0.2) is 25.1 Å². The Labute approximate surface area is 231 Å². The van der Waals surface area contributed by atoms with Gasteiger partial charge in [-0.2, -0.15) is 5.10 Å². The molecular formula is C33H29FN6. The molecule has 1 saturated carbocycles. The second-order valence-corrected chi connectivity index (χ2v) is 10.6. The standard InChI is InChI=1S/C33H29FN6/c1-20(21-6-3-2-4-7-21)37-26-13-24(16-35-17-26)22-10-11-30-28(14-22)33(40-39-30)31-15-27-29(18-36-19-32(27)38-31)23-8-5-9-25(34)12-23/h5,8-19,21,37-38H,1-4,6-7H2,(H,39,40). The van der Waals surface area contributed by atoms with Crippen molar-refractivity contribution in [3.63, 3.8) is 0 Å². The van der Waals surface area contributed by atoms with Gasteiger partial charge in [0.15, 0.2) is 0 Å². The van der Waals surface area contributed by atoms with Crippen molar-refractivity contribution in [1.82, 2.24) is 25.1 Å². The Morgan fingerprint density at radius 3 is 2.58 bits per heavy atom. The lowest BCUT2D eigenvalue weighted by molar-refractivity contribution is 0.405. The van der Waals surface area contributed by atoms with E-state index in [1.165, 1.54) is 44.2 Å². The zero-order valence-electron chi connectivity index (χ0n) is 22.0. The van der Waals surface area contributed by atoms with Crippen molar-refractivity contribution in [3.8, 4) is 33.6 Å². The summed E-state index contributed by atoms with van der Waals surface area (Å²) >= 11 is 0. The van der Waals surface area contributed by atoms with Crippen molar-refractivity contribution in [2.75, 3.05) is 5.32 Å².